The van der Waals surface area contributed by atoms with Crippen LogP contribution in [0.2, 0.25) is 0 Å². The molecule has 0 fully saturated rings. The lowest BCUT2D eigenvalue weighted by molar-refractivity contribution is 0.190. The molecule has 0 saturated carbocycles. The normalized spacial score (nSPS) is 13.9. The molecule has 19 heavy (non-hydrogen) atoms. The number of benzene rings is 2. The van der Waals surface area contributed by atoms with Gasteiger partial charge in [-0.15, -0.1) is 0 Å². The lowest BCUT2D eigenvalue weighted by Crippen LogP contribution is -2.28. The predicted molar refractivity (Wildman–Crippen MR) is 74.6 cm³/mol. The summed E-state index contributed by atoms with van der Waals surface area (Å²) in [6, 6.07) is 13.9. The van der Waals surface area contributed by atoms with Crippen molar-refractivity contribution >= 4 is 0 Å². The third-order valence-corrected chi connectivity index (χ3v) is 3.09. The monoisotopic (exact) mass is 259 g/mol. The summed E-state index contributed by atoms with van der Waals surface area (Å²) in [7, 11) is 0. The first-order valence-corrected chi connectivity index (χ1v) is 6.30. The van der Waals surface area contributed by atoms with Crippen LogP contribution in [0.5, 0.6) is 5.75 Å². The number of hydrogen-bond donors (Lipinski definition) is 1. The summed E-state index contributed by atoms with van der Waals surface area (Å²) in [5.41, 5.74) is 8.35. The van der Waals surface area contributed by atoms with E-state index < -0.39 is 0 Å². The van der Waals surface area contributed by atoms with E-state index in [1.54, 1.807) is 12.1 Å². The van der Waals surface area contributed by atoms with Gasteiger partial charge in [0.25, 0.3) is 0 Å². The number of aryl methyl sites for hydroxylation is 1. The van der Waals surface area contributed by atoms with Crippen LogP contribution in [0.25, 0.3) is 0 Å². The van der Waals surface area contributed by atoms with Gasteiger partial charge in [0.2, 0.25) is 0 Å². The second-order valence-electron chi connectivity index (χ2n) is 4.72. The van der Waals surface area contributed by atoms with Crippen LogP contribution < -0.4 is 10.5 Å². The molecular formula is C16H18FNO. The first-order chi connectivity index (χ1) is 9.06. The summed E-state index contributed by atoms with van der Waals surface area (Å²) in [4.78, 5) is 0. The van der Waals surface area contributed by atoms with Gasteiger partial charge in [0, 0.05) is 6.07 Å². The van der Waals surface area contributed by atoms with Crippen molar-refractivity contribution in [3.05, 3.63) is 65.5 Å². The van der Waals surface area contributed by atoms with Gasteiger partial charge in [0.1, 0.15) is 17.7 Å². The van der Waals surface area contributed by atoms with E-state index >= 15 is 0 Å². The Morgan fingerprint density at radius 3 is 2.42 bits per heavy atom. The second-order valence-corrected chi connectivity index (χ2v) is 4.72. The summed E-state index contributed by atoms with van der Waals surface area (Å²) in [5, 5.41) is 0. The van der Waals surface area contributed by atoms with Crippen LogP contribution in [0.1, 0.15) is 24.1 Å². The van der Waals surface area contributed by atoms with Crippen LogP contribution in [-0.2, 0) is 0 Å². The van der Waals surface area contributed by atoms with E-state index in [1.165, 1.54) is 17.7 Å². The largest absolute Gasteiger partial charge is 0.489 e. The second kappa shape index (κ2) is 5.85. The third-order valence-electron chi connectivity index (χ3n) is 3.09. The van der Waals surface area contributed by atoms with E-state index in [9.17, 15) is 4.39 Å². The van der Waals surface area contributed by atoms with E-state index in [0.717, 1.165) is 5.56 Å². The Bertz CT molecular complexity index is 539. The SMILES string of the molecule is Cc1ccc(C(N)C(C)Oc2cccc(F)c2)cc1. The van der Waals surface area contributed by atoms with E-state index in [1.807, 2.05) is 38.1 Å². The maximum Gasteiger partial charge on any atom is 0.126 e. The molecule has 100 valence electrons. The van der Waals surface area contributed by atoms with Gasteiger partial charge in [-0.2, -0.15) is 0 Å². The average molecular weight is 259 g/mol. The molecule has 0 amide bonds. The molecule has 0 aliphatic carbocycles. The predicted octanol–water partition coefficient (Wildman–Crippen LogP) is 3.60. The lowest BCUT2D eigenvalue weighted by Gasteiger charge is -2.22. The first-order valence-electron chi connectivity index (χ1n) is 6.30. The highest BCUT2D eigenvalue weighted by atomic mass is 19.1. The third kappa shape index (κ3) is 3.55. The molecule has 2 aromatic rings. The highest BCUT2D eigenvalue weighted by molar-refractivity contribution is 5.26. The molecular weight excluding hydrogens is 241 g/mol. The Balaban J connectivity index is 2.07. The Hall–Kier alpha value is -1.87. The Morgan fingerprint density at radius 1 is 1.11 bits per heavy atom. The average Bonchev–Trinajstić information content (AvgIpc) is 2.39. The fourth-order valence-electron chi connectivity index (χ4n) is 1.89. The molecule has 0 radical (unpaired) electrons. The number of ether oxygens (including phenoxy) is 1. The summed E-state index contributed by atoms with van der Waals surface area (Å²) in [5.74, 6) is 0.184. The Labute approximate surface area is 113 Å². The minimum absolute atomic E-state index is 0.232. The van der Waals surface area contributed by atoms with E-state index in [-0.39, 0.29) is 18.0 Å². The summed E-state index contributed by atoms with van der Waals surface area (Å²) in [6.07, 6.45) is -0.232. The lowest BCUT2D eigenvalue weighted by atomic mass is 10.0. The van der Waals surface area contributed by atoms with Crippen molar-refractivity contribution in [2.24, 2.45) is 5.73 Å². The molecule has 0 aromatic heterocycles. The maximum atomic E-state index is 13.1. The Morgan fingerprint density at radius 2 is 1.79 bits per heavy atom. The quantitative estimate of drug-likeness (QED) is 0.910. The number of halogens is 1. The van der Waals surface area contributed by atoms with Crippen LogP contribution in [0.4, 0.5) is 4.39 Å². The zero-order chi connectivity index (χ0) is 13.8. The fraction of sp³-hybridized carbons (Fsp3) is 0.250. The molecule has 2 rings (SSSR count). The zero-order valence-electron chi connectivity index (χ0n) is 11.1. The molecule has 0 bridgehead atoms. The first kappa shape index (κ1) is 13.6. The molecule has 2 aromatic carbocycles. The van der Waals surface area contributed by atoms with Crippen LogP contribution in [0.15, 0.2) is 48.5 Å². The minimum Gasteiger partial charge on any atom is -0.489 e. The van der Waals surface area contributed by atoms with Crippen LogP contribution in [0, 0.1) is 12.7 Å². The van der Waals surface area contributed by atoms with Gasteiger partial charge in [-0.05, 0) is 31.5 Å². The van der Waals surface area contributed by atoms with Crippen molar-refractivity contribution < 1.29 is 9.13 Å². The minimum atomic E-state index is -0.311. The van der Waals surface area contributed by atoms with E-state index in [4.69, 9.17) is 10.5 Å². The van der Waals surface area contributed by atoms with Gasteiger partial charge >= 0.3 is 0 Å². The van der Waals surface area contributed by atoms with Gasteiger partial charge in [-0.1, -0.05) is 35.9 Å². The van der Waals surface area contributed by atoms with Crippen molar-refractivity contribution in [1.82, 2.24) is 0 Å². The Kier molecular flexibility index (Phi) is 4.17. The van der Waals surface area contributed by atoms with Crippen LogP contribution in [-0.4, -0.2) is 6.10 Å². The molecule has 3 heteroatoms. The van der Waals surface area contributed by atoms with Crippen molar-refractivity contribution in [1.29, 1.82) is 0 Å². The summed E-state index contributed by atoms with van der Waals surface area (Å²) < 4.78 is 18.8. The topological polar surface area (TPSA) is 35.2 Å². The van der Waals surface area contributed by atoms with Gasteiger partial charge in [0.15, 0.2) is 0 Å². The zero-order valence-corrected chi connectivity index (χ0v) is 11.1. The van der Waals surface area contributed by atoms with Crippen molar-refractivity contribution in [2.45, 2.75) is 26.0 Å². The van der Waals surface area contributed by atoms with E-state index in [2.05, 4.69) is 0 Å². The molecule has 2 N–H and O–H groups in total. The van der Waals surface area contributed by atoms with Crippen molar-refractivity contribution in [3.8, 4) is 5.75 Å². The molecule has 0 heterocycles. The van der Waals surface area contributed by atoms with Gasteiger partial charge in [0.05, 0.1) is 6.04 Å². The van der Waals surface area contributed by atoms with Gasteiger partial charge in [-0.25, -0.2) is 4.39 Å². The van der Waals surface area contributed by atoms with Gasteiger partial charge in [-0.3, -0.25) is 0 Å². The van der Waals surface area contributed by atoms with Crippen LogP contribution >= 0.6 is 0 Å². The number of nitrogens with two attached hydrogens (primary N) is 1. The molecule has 0 saturated heterocycles. The van der Waals surface area contributed by atoms with Gasteiger partial charge < -0.3 is 10.5 Å². The molecule has 2 atom stereocenters. The molecule has 0 aliphatic rings. The number of hydrogen-bond acceptors (Lipinski definition) is 2. The summed E-state index contributed by atoms with van der Waals surface area (Å²) in [6.45, 7) is 3.91. The molecule has 0 spiro atoms. The van der Waals surface area contributed by atoms with E-state index in [0.29, 0.717) is 5.75 Å². The van der Waals surface area contributed by atoms with Crippen LogP contribution in [0.3, 0.4) is 0 Å². The smallest absolute Gasteiger partial charge is 0.126 e. The standard InChI is InChI=1S/C16H18FNO/c1-11-6-8-13(9-7-11)16(18)12(2)19-15-5-3-4-14(17)10-15/h3-10,12,16H,18H2,1-2H3. The molecule has 2 nitrogen and oxygen atoms in total. The maximum absolute atomic E-state index is 13.1. The highest BCUT2D eigenvalue weighted by Gasteiger charge is 2.16. The van der Waals surface area contributed by atoms with Crippen molar-refractivity contribution in [2.75, 3.05) is 0 Å². The fourth-order valence-corrected chi connectivity index (χ4v) is 1.89. The molecule has 0 aliphatic heterocycles. The van der Waals surface area contributed by atoms with Crippen molar-refractivity contribution in [3.63, 3.8) is 0 Å². The highest BCUT2D eigenvalue weighted by Crippen LogP contribution is 2.21. The number of rotatable bonds is 4. The summed E-state index contributed by atoms with van der Waals surface area (Å²) >= 11 is 0. The molecule has 2 unspecified atom stereocenters.